The van der Waals surface area contributed by atoms with Crippen LogP contribution in [-0.2, 0) is 5.75 Å². The average molecular weight is 416 g/mol. The predicted octanol–water partition coefficient (Wildman–Crippen LogP) is 6.78. The molecule has 27 heavy (non-hydrogen) atoms. The number of halogens is 1. The summed E-state index contributed by atoms with van der Waals surface area (Å²) in [4.78, 5) is 16.7. The zero-order valence-electron chi connectivity index (χ0n) is 15.2. The van der Waals surface area contributed by atoms with E-state index in [1.165, 1.54) is 5.56 Å². The molecule has 0 aliphatic rings. The zero-order valence-corrected chi connectivity index (χ0v) is 17.6. The van der Waals surface area contributed by atoms with Gasteiger partial charge in [0.05, 0.1) is 10.2 Å². The highest BCUT2D eigenvalue weighted by Crippen LogP contribution is 2.34. The topological polar surface area (TPSA) is 43.1 Å². The quantitative estimate of drug-likeness (QED) is 0.272. The number of aromatic nitrogens is 1. The molecule has 0 radical (unpaired) electrons. The molecule has 0 spiro atoms. The average Bonchev–Trinajstić information content (AvgIpc) is 3.00. The van der Waals surface area contributed by atoms with Gasteiger partial charge in [0, 0.05) is 22.2 Å². The van der Waals surface area contributed by atoms with Crippen molar-refractivity contribution in [1.29, 1.82) is 0 Å². The Morgan fingerprint density at radius 2 is 2.04 bits per heavy atom. The van der Waals surface area contributed by atoms with Crippen LogP contribution in [-0.4, -0.2) is 4.98 Å². The molecule has 0 amide bonds. The maximum absolute atomic E-state index is 12.0. The number of thiazole rings is 1. The van der Waals surface area contributed by atoms with Crippen molar-refractivity contribution in [2.75, 3.05) is 0 Å². The lowest BCUT2D eigenvalue weighted by molar-refractivity contribution is 0.559. The molecule has 6 heteroatoms. The molecule has 138 valence electrons. The molecule has 2 aromatic heterocycles. The maximum atomic E-state index is 12.0. The van der Waals surface area contributed by atoms with Gasteiger partial charge in [0.1, 0.15) is 5.58 Å². The highest BCUT2D eigenvalue weighted by atomic mass is 35.5. The van der Waals surface area contributed by atoms with E-state index in [9.17, 15) is 4.79 Å². The fraction of sp³-hybridized carbons (Fsp3) is 0.238. The van der Waals surface area contributed by atoms with Crippen molar-refractivity contribution in [1.82, 2.24) is 4.98 Å². The minimum atomic E-state index is -0.314. The van der Waals surface area contributed by atoms with Crippen LogP contribution in [0.1, 0.15) is 36.5 Å². The highest BCUT2D eigenvalue weighted by Gasteiger charge is 2.13. The van der Waals surface area contributed by atoms with E-state index in [1.54, 1.807) is 29.2 Å². The molecule has 0 unspecified atom stereocenters. The van der Waals surface area contributed by atoms with E-state index in [4.69, 9.17) is 16.0 Å². The second-order valence-electron chi connectivity index (χ2n) is 6.83. The van der Waals surface area contributed by atoms with E-state index in [0.717, 1.165) is 31.1 Å². The Labute approximate surface area is 170 Å². The number of hydrogen-bond donors (Lipinski definition) is 0. The van der Waals surface area contributed by atoms with Crippen LogP contribution in [0.2, 0.25) is 5.02 Å². The van der Waals surface area contributed by atoms with Gasteiger partial charge in [-0.2, -0.15) is 0 Å². The Morgan fingerprint density at radius 1 is 1.22 bits per heavy atom. The van der Waals surface area contributed by atoms with Gasteiger partial charge in [-0.3, -0.25) is 0 Å². The first-order valence-electron chi connectivity index (χ1n) is 8.67. The predicted molar refractivity (Wildman–Crippen MR) is 116 cm³/mol. The number of rotatable bonds is 4. The number of nitrogens with zero attached hydrogens (tertiary/aromatic N) is 1. The second-order valence-corrected chi connectivity index (χ2v) is 9.52. The van der Waals surface area contributed by atoms with Gasteiger partial charge in [0.25, 0.3) is 0 Å². The van der Waals surface area contributed by atoms with E-state index in [0.29, 0.717) is 22.3 Å². The standard InChI is InChI=1S/C21H18ClNO2S2/c1-11(2)15-9-16-13(7-20(24)25-18(16)6-12(15)3)10-26-21-23-17-8-14(22)4-5-19(17)27-21/h4-9,11H,10H2,1-3H3. The highest BCUT2D eigenvalue weighted by molar-refractivity contribution is 8.00. The molecule has 0 atom stereocenters. The summed E-state index contributed by atoms with van der Waals surface area (Å²) in [7, 11) is 0. The summed E-state index contributed by atoms with van der Waals surface area (Å²) in [6.45, 7) is 6.41. The molecular formula is C21H18ClNO2S2. The van der Waals surface area contributed by atoms with Gasteiger partial charge in [0.2, 0.25) is 0 Å². The van der Waals surface area contributed by atoms with E-state index < -0.39 is 0 Å². The summed E-state index contributed by atoms with van der Waals surface area (Å²) in [5.74, 6) is 1.08. The normalized spacial score (nSPS) is 11.7. The van der Waals surface area contributed by atoms with Gasteiger partial charge >= 0.3 is 5.63 Å². The smallest absolute Gasteiger partial charge is 0.336 e. The minimum Gasteiger partial charge on any atom is -0.423 e. The van der Waals surface area contributed by atoms with Crippen LogP contribution in [0.3, 0.4) is 0 Å². The molecule has 0 N–H and O–H groups in total. The second kappa shape index (κ2) is 7.30. The lowest BCUT2D eigenvalue weighted by Crippen LogP contribution is -2.02. The minimum absolute atomic E-state index is 0.314. The Balaban J connectivity index is 1.71. The van der Waals surface area contributed by atoms with Crippen molar-refractivity contribution in [2.45, 2.75) is 36.8 Å². The molecule has 4 rings (SSSR count). The van der Waals surface area contributed by atoms with E-state index in [-0.39, 0.29) is 5.63 Å². The lowest BCUT2D eigenvalue weighted by atomic mass is 9.95. The molecule has 4 aromatic rings. The van der Waals surface area contributed by atoms with Gasteiger partial charge in [-0.15, -0.1) is 11.3 Å². The Bertz CT molecular complexity index is 1210. The first kappa shape index (κ1) is 18.5. The summed E-state index contributed by atoms with van der Waals surface area (Å²) in [5.41, 5.74) is 4.64. The molecule has 2 aromatic carbocycles. The molecule has 0 saturated heterocycles. The van der Waals surface area contributed by atoms with Crippen molar-refractivity contribution < 1.29 is 4.42 Å². The third kappa shape index (κ3) is 3.77. The Morgan fingerprint density at radius 3 is 2.81 bits per heavy atom. The summed E-state index contributed by atoms with van der Waals surface area (Å²) in [6, 6.07) is 11.5. The number of hydrogen-bond acceptors (Lipinski definition) is 5. The summed E-state index contributed by atoms with van der Waals surface area (Å²) < 4.78 is 7.51. The van der Waals surface area contributed by atoms with Crippen LogP contribution in [0.4, 0.5) is 0 Å². The monoisotopic (exact) mass is 415 g/mol. The first-order valence-corrected chi connectivity index (χ1v) is 10.8. The van der Waals surface area contributed by atoms with Crippen molar-refractivity contribution >= 4 is 55.9 Å². The van der Waals surface area contributed by atoms with Crippen molar-refractivity contribution in [3.05, 3.63) is 68.5 Å². The van der Waals surface area contributed by atoms with Gasteiger partial charge in [-0.25, -0.2) is 9.78 Å². The molecule has 0 aliphatic heterocycles. The molecule has 0 fully saturated rings. The number of benzene rings is 2. The number of aryl methyl sites for hydroxylation is 1. The van der Waals surface area contributed by atoms with Gasteiger partial charge < -0.3 is 4.42 Å². The van der Waals surface area contributed by atoms with Crippen LogP contribution < -0.4 is 5.63 Å². The summed E-state index contributed by atoms with van der Waals surface area (Å²) >= 11 is 9.32. The molecule has 3 nitrogen and oxygen atoms in total. The molecule has 0 saturated carbocycles. The summed E-state index contributed by atoms with van der Waals surface area (Å²) in [6.07, 6.45) is 0. The van der Waals surface area contributed by atoms with Crippen molar-refractivity contribution in [3.8, 4) is 0 Å². The van der Waals surface area contributed by atoms with Gasteiger partial charge in [0.15, 0.2) is 4.34 Å². The third-order valence-electron chi connectivity index (χ3n) is 4.52. The molecule has 2 heterocycles. The van der Waals surface area contributed by atoms with Crippen LogP contribution in [0, 0.1) is 6.92 Å². The zero-order chi connectivity index (χ0) is 19.1. The lowest BCUT2D eigenvalue weighted by Gasteiger charge is -2.12. The fourth-order valence-corrected chi connectivity index (χ4v) is 5.42. The van der Waals surface area contributed by atoms with Crippen LogP contribution >= 0.6 is 34.7 Å². The van der Waals surface area contributed by atoms with Crippen LogP contribution in [0.5, 0.6) is 0 Å². The van der Waals surface area contributed by atoms with Crippen LogP contribution in [0.15, 0.2) is 49.9 Å². The van der Waals surface area contributed by atoms with E-state index >= 15 is 0 Å². The summed E-state index contributed by atoms with van der Waals surface area (Å²) in [5, 5.41) is 1.69. The SMILES string of the molecule is Cc1cc2oc(=O)cc(CSc3nc4cc(Cl)ccc4s3)c2cc1C(C)C. The fourth-order valence-electron chi connectivity index (χ4n) is 3.21. The van der Waals surface area contributed by atoms with Crippen LogP contribution in [0.25, 0.3) is 21.2 Å². The number of fused-ring (bicyclic) bond motifs is 2. The van der Waals surface area contributed by atoms with Crippen molar-refractivity contribution in [3.63, 3.8) is 0 Å². The molecule has 0 bridgehead atoms. The molecule has 0 aliphatic carbocycles. The largest absolute Gasteiger partial charge is 0.423 e. The number of thioether (sulfide) groups is 1. The van der Waals surface area contributed by atoms with Crippen molar-refractivity contribution in [2.24, 2.45) is 0 Å². The van der Waals surface area contributed by atoms with E-state index in [1.807, 2.05) is 24.3 Å². The van der Waals surface area contributed by atoms with Gasteiger partial charge in [-0.1, -0.05) is 37.2 Å². The van der Waals surface area contributed by atoms with Gasteiger partial charge in [-0.05, 0) is 59.9 Å². The Hall–Kier alpha value is -1.82. The first-order chi connectivity index (χ1) is 12.9. The maximum Gasteiger partial charge on any atom is 0.336 e. The van der Waals surface area contributed by atoms with E-state index in [2.05, 4.69) is 31.8 Å². The Kier molecular flexibility index (Phi) is 5.01. The third-order valence-corrected chi connectivity index (χ3v) is 6.98. The molecular weight excluding hydrogens is 398 g/mol.